The molecule has 0 saturated carbocycles. The second-order valence-corrected chi connectivity index (χ2v) is 5.24. The molecule has 0 amide bonds. The first-order chi connectivity index (χ1) is 9.59. The summed E-state index contributed by atoms with van der Waals surface area (Å²) in [6, 6.07) is 8.26. The third kappa shape index (κ3) is 4.04. The van der Waals surface area contributed by atoms with Crippen LogP contribution in [0.1, 0.15) is 44.4 Å². The van der Waals surface area contributed by atoms with E-state index in [1.165, 1.54) is 10.9 Å². The zero-order valence-electron chi connectivity index (χ0n) is 12.3. The summed E-state index contributed by atoms with van der Waals surface area (Å²) in [5.41, 5.74) is 2.37. The van der Waals surface area contributed by atoms with Gasteiger partial charge in [-0.2, -0.15) is 12.6 Å². The number of nitrogens with zero attached hydrogens (tertiary/aromatic N) is 1. The first-order valence-corrected chi connectivity index (χ1v) is 7.59. The summed E-state index contributed by atoms with van der Waals surface area (Å²) in [6.45, 7) is 6.79. The van der Waals surface area contributed by atoms with Crippen molar-refractivity contribution in [1.82, 2.24) is 4.57 Å². The molecule has 0 aliphatic carbocycles. The Balaban J connectivity index is 0.000000956. The quantitative estimate of drug-likeness (QED) is 0.796. The van der Waals surface area contributed by atoms with Crippen LogP contribution in [0.3, 0.4) is 0 Å². The number of benzene rings is 1. The minimum atomic E-state index is -0.740. The van der Waals surface area contributed by atoms with E-state index in [4.69, 9.17) is 5.11 Å². The Kier molecular flexibility index (Phi) is 6.65. The maximum Gasteiger partial charge on any atom is 0.303 e. The molecule has 110 valence electrons. The molecule has 2 aromatic rings. The van der Waals surface area contributed by atoms with Crippen molar-refractivity contribution in [3.8, 4) is 0 Å². The fourth-order valence-corrected chi connectivity index (χ4v) is 2.43. The van der Waals surface area contributed by atoms with E-state index in [1.54, 1.807) is 0 Å². The van der Waals surface area contributed by atoms with E-state index in [0.29, 0.717) is 6.42 Å². The van der Waals surface area contributed by atoms with Gasteiger partial charge in [0.2, 0.25) is 0 Å². The average Bonchev–Trinajstić information content (AvgIpc) is 2.84. The van der Waals surface area contributed by atoms with Crippen LogP contribution in [-0.4, -0.2) is 15.6 Å². The van der Waals surface area contributed by atoms with Crippen LogP contribution in [0.2, 0.25) is 0 Å². The lowest BCUT2D eigenvalue weighted by Crippen LogP contribution is -2.00. The van der Waals surface area contributed by atoms with Crippen molar-refractivity contribution in [2.75, 3.05) is 0 Å². The fourth-order valence-electron chi connectivity index (χ4n) is 2.21. The van der Waals surface area contributed by atoms with E-state index in [1.807, 2.05) is 26.1 Å². The van der Waals surface area contributed by atoms with E-state index in [9.17, 15) is 4.79 Å². The second-order valence-electron chi connectivity index (χ2n) is 4.46. The number of aliphatic carboxylic acids is 1. The van der Waals surface area contributed by atoms with E-state index in [0.717, 1.165) is 12.1 Å². The van der Waals surface area contributed by atoms with Gasteiger partial charge in [0.1, 0.15) is 0 Å². The van der Waals surface area contributed by atoms with E-state index < -0.39 is 5.97 Å². The van der Waals surface area contributed by atoms with Gasteiger partial charge >= 0.3 is 5.97 Å². The molecular formula is C16H23NO2S. The number of thiol groups is 1. The average molecular weight is 293 g/mol. The topological polar surface area (TPSA) is 42.2 Å². The third-order valence-corrected chi connectivity index (χ3v) is 3.37. The lowest BCUT2D eigenvalue weighted by atomic mass is 10.1. The molecule has 0 aliphatic rings. The standard InChI is InChI=1S/C14H17NO2S.C2H6/c1-10(18)11-4-2-5-13-12(11)7-9-15(13)8-3-6-14(16)17;1-2/h2,4-5,7,9-10,18H,3,6,8H2,1H3,(H,16,17);1-2H3. The third-order valence-electron chi connectivity index (χ3n) is 3.09. The maximum absolute atomic E-state index is 10.5. The number of fused-ring (bicyclic) bond motifs is 1. The van der Waals surface area contributed by atoms with Crippen LogP contribution in [-0.2, 0) is 11.3 Å². The Morgan fingerprint density at radius 1 is 1.35 bits per heavy atom. The van der Waals surface area contributed by atoms with Crippen molar-refractivity contribution in [3.05, 3.63) is 36.0 Å². The van der Waals surface area contributed by atoms with Gasteiger partial charge in [0.25, 0.3) is 0 Å². The number of carboxylic acids is 1. The monoisotopic (exact) mass is 293 g/mol. The van der Waals surface area contributed by atoms with Gasteiger partial charge in [0.05, 0.1) is 0 Å². The van der Waals surface area contributed by atoms with Crippen LogP contribution < -0.4 is 0 Å². The number of carbonyl (C=O) groups is 1. The van der Waals surface area contributed by atoms with E-state index in [-0.39, 0.29) is 11.7 Å². The summed E-state index contributed by atoms with van der Waals surface area (Å²) >= 11 is 4.48. The van der Waals surface area contributed by atoms with Gasteiger partial charge in [-0.1, -0.05) is 26.0 Å². The minimum Gasteiger partial charge on any atom is -0.481 e. The van der Waals surface area contributed by atoms with Gasteiger partial charge in [-0.15, -0.1) is 0 Å². The molecule has 1 N–H and O–H groups in total. The molecule has 1 aromatic carbocycles. The second kappa shape index (κ2) is 8.00. The Labute approximate surface area is 126 Å². The van der Waals surface area contributed by atoms with E-state index in [2.05, 4.69) is 42.3 Å². The summed E-state index contributed by atoms with van der Waals surface area (Å²) in [6.07, 6.45) is 2.88. The SMILES string of the molecule is CC.CC(S)c1cccc2c1ccn2CCCC(=O)O. The van der Waals surface area contributed by atoms with Crippen LogP contribution in [0.5, 0.6) is 0 Å². The summed E-state index contributed by atoms with van der Waals surface area (Å²) in [5.74, 6) is -0.740. The van der Waals surface area contributed by atoms with Crippen molar-refractivity contribution in [3.63, 3.8) is 0 Å². The summed E-state index contributed by atoms with van der Waals surface area (Å²) in [5, 5.41) is 10.1. The Morgan fingerprint density at radius 3 is 2.65 bits per heavy atom. The molecular weight excluding hydrogens is 270 g/mol. The summed E-state index contributed by atoms with van der Waals surface area (Å²) in [4.78, 5) is 10.5. The molecule has 1 atom stereocenters. The van der Waals surface area contributed by atoms with Gasteiger partial charge in [-0.25, -0.2) is 0 Å². The number of hydrogen-bond donors (Lipinski definition) is 2. The minimum absolute atomic E-state index is 0.198. The molecule has 3 nitrogen and oxygen atoms in total. The zero-order valence-corrected chi connectivity index (χ0v) is 13.2. The Hall–Kier alpha value is -1.42. The first-order valence-electron chi connectivity index (χ1n) is 7.07. The van der Waals surface area contributed by atoms with Crippen LogP contribution in [0, 0.1) is 0 Å². The molecule has 0 spiro atoms. The number of carboxylic acid groups (broad SMARTS) is 1. The smallest absolute Gasteiger partial charge is 0.303 e. The van der Waals surface area contributed by atoms with Crippen LogP contribution in [0.25, 0.3) is 10.9 Å². The molecule has 0 bridgehead atoms. The number of hydrogen-bond acceptors (Lipinski definition) is 2. The van der Waals surface area contributed by atoms with Gasteiger partial charge in [-0.3, -0.25) is 4.79 Å². The molecule has 20 heavy (non-hydrogen) atoms. The lowest BCUT2D eigenvalue weighted by Gasteiger charge is -2.08. The molecule has 1 aromatic heterocycles. The highest BCUT2D eigenvalue weighted by Gasteiger charge is 2.08. The van der Waals surface area contributed by atoms with Crippen molar-refractivity contribution in [2.24, 2.45) is 0 Å². The molecule has 2 rings (SSSR count). The Bertz CT molecular complexity index is 561. The summed E-state index contributed by atoms with van der Waals surface area (Å²) < 4.78 is 2.11. The van der Waals surface area contributed by atoms with Crippen LogP contribution in [0.4, 0.5) is 0 Å². The number of rotatable bonds is 5. The van der Waals surface area contributed by atoms with Gasteiger partial charge in [0.15, 0.2) is 0 Å². The predicted molar refractivity (Wildman–Crippen MR) is 87.6 cm³/mol. The van der Waals surface area contributed by atoms with Crippen molar-refractivity contribution >= 4 is 29.5 Å². The number of aryl methyl sites for hydroxylation is 1. The molecule has 1 unspecified atom stereocenters. The van der Waals surface area contributed by atoms with Crippen molar-refractivity contribution < 1.29 is 9.90 Å². The normalized spacial score (nSPS) is 11.8. The van der Waals surface area contributed by atoms with Crippen molar-refractivity contribution in [1.29, 1.82) is 0 Å². The fraction of sp³-hybridized carbons (Fsp3) is 0.438. The van der Waals surface area contributed by atoms with E-state index >= 15 is 0 Å². The highest BCUT2D eigenvalue weighted by molar-refractivity contribution is 7.80. The highest BCUT2D eigenvalue weighted by atomic mass is 32.1. The first kappa shape index (κ1) is 16.6. The summed E-state index contributed by atoms with van der Waals surface area (Å²) in [7, 11) is 0. The molecule has 0 saturated heterocycles. The molecule has 4 heteroatoms. The highest BCUT2D eigenvalue weighted by Crippen LogP contribution is 2.28. The number of aromatic nitrogens is 1. The lowest BCUT2D eigenvalue weighted by molar-refractivity contribution is -0.137. The molecule has 0 radical (unpaired) electrons. The largest absolute Gasteiger partial charge is 0.481 e. The van der Waals surface area contributed by atoms with Gasteiger partial charge in [-0.05, 0) is 31.0 Å². The van der Waals surface area contributed by atoms with Gasteiger partial charge in [0, 0.05) is 35.3 Å². The molecule has 0 aliphatic heterocycles. The predicted octanol–water partition coefficient (Wildman–Crippen LogP) is 4.52. The maximum atomic E-state index is 10.5. The van der Waals surface area contributed by atoms with Crippen LogP contribution >= 0.6 is 12.6 Å². The van der Waals surface area contributed by atoms with Gasteiger partial charge < -0.3 is 9.67 Å². The van der Waals surface area contributed by atoms with Crippen LogP contribution in [0.15, 0.2) is 30.5 Å². The van der Waals surface area contributed by atoms with Crippen molar-refractivity contribution in [2.45, 2.75) is 45.4 Å². The molecule has 0 fully saturated rings. The zero-order chi connectivity index (χ0) is 15.1. The Morgan fingerprint density at radius 2 is 2.05 bits per heavy atom. The molecule has 1 heterocycles.